The van der Waals surface area contributed by atoms with Crippen LogP contribution >= 0.6 is 0 Å². The normalized spacial score (nSPS) is 14.9. The number of fused-ring (bicyclic) bond motifs is 1. The molecule has 0 aliphatic carbocycles. The number of aromatic nitrogens is 4. The van der Waals surface area contributed by atoms with Crippen molar-refractivity contribution in [3.8, 4) is 22.7 Å². The molecule has 3 aromatic heterocycles. The molecule has 5 rings (SSSR count). The van der Waals surface area contributed by atoms with Crippen molar-refractivity contribution < 1.29 is 14.2 Å². The lowest BCUT2D eigenvalue weighted by Gasteiger charge is -2.22. The third kappa shape index (κ3) is 4.08. The number of hydrogen-bond donors (Lipinski definition) is 0. The minimum atomic E-state index is 0.298. The van der Waals surface area contributed by atoms with Crippen LogP contribution in [0, 0.1) is 0 Å². The van der Waals surface area contributed by atoms with Gasteiger partial charge in [-0.15, -0.1) is 0 Å². The van der Waals surface area contributed by atoms with E-state index in [1.165, 1.54) is 0 Å². The van der Waals surface area contributed by atoms with Crippen LogP contribution in [0.1, 0.15) is 12.8 Å². The highest BCUT2D eigenvalue weighted by Crippen LogP contribution is 2.24. The van der Waals surface area contributed by atoms with E-state index < -0.39 is 0 Å². The molecule has 1 saturated heterocycles. The highest BCUT2D eigenvalue weighted by atomic mass is 16.5. The molecular formula is C23H24N4O3. The monoisotopic (exact) mass is 404 g/mol. The van der Waals surface area contributed by atoms with Crippen LogP contribution in [-0.4, -0.2) is 51.7 Å². The van der Waals surface area contributed by atoms with Crippen molar-refractivity contribution in [2.75, 3.05) is 26.4 Å². The Labute approximate surface area is 174 Å². The molecule has 0 N–H and O–H groups in total. The summed E-state index contributed by atoms with van der Waals surface area (Å²) in [5.41, 5.74) is 3.97. The van der Waals surface area contributed by atoms with Crippen molar-refractivity contribution in [1.82, 2.24) is 19.2 Å². The van der Waals surface area contributed by atoms with Crippen molar-refractivity contribution >= 4 is 5.65 Å². The highest BCUT2D eigenvalue weighted by molar-refractivity contribution is 5.65. The molecule has 154 valence electrons. The van der Waals surface area contributed by atoms with E-state index in [1.807, 2.05) is 53.6 Å². The minimum absolute atomic E-state index is 0.298. The van der Waals surface area contributed by atoms with Gasteiger partial charge in [0.15, 0.2) is 0 Å². The first-order valence-electron chi connectivity index (χ1n) is 10.3. The molecule has 0 amide bonds. The first-order valence-corrected chi connectivity index (χ1v) is 10.3. The molecule has 7 nitrogen and oxygen atoms in total. The summed E-state index contributed by atoms with van der Waals surface area (Å²) < 4.78 is 20.9. The quantitative estimate of drug-likeness (QED) is 0.439. The van der Waals surface area contributed by atoms with Crippen LogP contribution in [0.2, 0.25) is 0 Å². The second-order valence-electron chi connectivity index (χ2n) is 7.26. The summed E-state index contributed by atoms with van der Waals surface area (Å²) in [5.74, 6) is 0.834. The maximum atomic E-state index is 5.85. The van der Waals surface area contributed by atoms with E-state index in [2.05, 4.69) is 26.6 Å². The largest absolute Gasteiger partial charge is 0.491 e. The maximum absolute atomic E-state index is 5.85. The van der Waals surface area contributed by atoms with Crippen molar-refractivity contribution in [1.29, 1.82) is 0 Å². The van der Waals surface area contributed by atoms with Crippen LogP contribution in [0.15, 0.2) is 67.3 Å². The van der Waals surface area contributed by atoms with E-state index in [9.17, 15) is 0 Å². The zero-order chi connectivity index (χ0) is 20.2. The molecule has 0 radical (unpaired) electrons. The summed E-state index contributed by atoms with van der Waals surface area (Å²) in [4.78, 5) is 4.52. The number of benzene rings is 1. The van der Waals surface area contributed by atoms with Gasteiger partial charge in [0, 0.05) is 37.4 Å². The number of ether oxygens (including phenoxy) is 3. The predicted molar refractivity (Wildman–Crippen MR) is 113 cm³/mol. The van der Waals surface area contributed by atoms with E-state index in [0.717, 1.165) is 54.4 Å². The minimum Gasteiger partial charge on any atom is -0.491 e. The fourth-order valence-electron chi connectivity index (χ4n) is 3.68. The first kappa shape index (κ1) is 18.8. The Balaban J connectivity index is 1.25. The van der Waals surface area contributed by atoms with Gasteiger partial charge < -0.3 is 14.2 Å². The number of rotatable bonds is 7. The zero-order valence-corrected chi connectivity index (χ0v) is 16.7. The van der Waals surface area contributed by atoms with Crippen LogP contribution in [-0.2, 0) is 9.47 Å². The fourth-order valence-corrected chi connectivity index (χ4v) is 3.68. The highest BCUT2D eigenvalue weighted by Gasteiger charge is 2.13. The van der Waals surface area contributed by atoms with Crippen molar-refractivity contribution in [3.05, 3.63) is 67.3 Å². The number of nitrogens with zero attached hydrogens (tertiary/aromatic N) is 4. The Morgan fingerprint density at radius 3 is 2.70 bits per heavy atom. The average molecular weight is 404 g/mol. The van der Waals surface area contributed by atoms with Crippen LogP contribution in [0.25, 0.3) is 22.6 Å². The van der Waals surface area contributed by atoms with Gasteiger partial charge in [-0.1, -0.05) is 0 Å². The topological polar surface area (TPSA) is 62.8 Å². The lowest BCUT2D eigenvalue weighted by Crippen LogP contribution is -2.25. The van der Waals surface area contributed by atoms with E-state index in [0.29, 0.717) is 19.3 Å². The summed E-state index contributed by atoms with van der Waals surface area (Å²) >= 11 is 0. The molecule has 1 aliphatic heterocycles. The molecule has 0 saturated carbocycles. The van der Waals surface area contributed by atoms with Crippen LogP contribution < -0.4 is 4.74 Å². The molecule has 7 heteroatoms. The molecular weight excluding hydrogens is 380 g/mol. The van der Waals surface area contributed by atoms with E-state index >= 15 is 0 Å². The molecule has 1 aromatic carbocycles. The van der Waals surface area contributed by atoms with E-state index in [4.69, 9.17) is 14.2 Å². The smallest absolute Gasteiger partial charge is 0.137 e. The van der Waals surface area contributed by atoms with E-state index in [1.54, 1.807) is 6.20 Å². The summed E-state index contributed by atoms with van der Waals surface area (Å²) in [7, 11) is 0. The first-order chi connectivity index (χ1) is 14.9. The standard InChI is InChI=1S/C23H24N4O3/c1-10-25-27(11-1)19-4-7-23-24-16-22(26(23)17-19)18-2-5-20(6-3-18)29-14-15-30-21-8-12-28-13-9-21/h1-7,10-11,16-17,21H,8-9,12-15H2. The molecule has 1 fully saturated rings. The van der Waals surface area contributed by atoms with Gasteiger partial charge in [0.25, 0.3) is 0 Å². The molecule has 1 aliphatic rings. The average Bonchev–Trinajstić information content (AvgIpc) is 3.48. The Kier molecular flexibility index (Phi) is 5.46. The lowest BCUT2D eigenvalue weighted by atomic mass is 10.1. The van der Waals surface area contributed by atoms with Gasteiger partial charge in [0.2, 0.25) is 0 Å². The fraction of sp³-hybridized carbons (Fsp3) is 0.304. The third-order valence-electron chi connectivity index (χ3n) is 5.28. The Morgan fingerprint density at radius 2 is 1.90 bits per heavy atom. The number of pyridine rings is 1. The van der Waals surface area contributed by atoms with Crippen molar-refractivity contribution in [2.45, 2.75) is 18.9 Å². The molecule has 0 unspecified atom stereocenters. The SMILES string of the molecule is c1cnn(-c2ccc3ncc(-c4ccc(OCCOC5CCOCC5)cc4)n3c2)c1. The van der Waals surface area contributed by atoms with Gasteiger partial charge >= 0.3 is 0 Å². The molecule has 4 heterocycles. The molecule has 4 aromatic rings. The second kappa shape index (κ2) is 8.69. The van der Waals surface area contributed by atoms with Gasteiger partial charge in [-0.3, -0.25) is 4.40 Å². The summed E-state index contributed by atoms with van der Waals surface area (Å²) in [6, 6.07) is 14.0. The van der Waals surface area contributed by atoms with Gasteiger partial charge in [-0.05, 0) is 55.3 Å². The lowest BCUT2D eigenvalue weighted by molar-refractivity contribution is -0.0388. The van der Waals surface area contributed by atoms with Crippen LogP contribution in [0.3, 0.4) is 0 Å². The Bertz CT molecular complexity index is 1080. The van der Waals surface area contributed by atoms with Crippen molar-refractivity contribution in [3.63, 3.8) is 0 Å². The molecule has 0 bridgehead atoms. The number of hydrogen-bond acceptors (Lipinski definition) is 5. The molecule has 0 atom stereocenters. The predicted octanol–water partition coefficient (Wildman–Crippen LogP) is 3.76. The molecule has 0 spiro atoms. The third-order valence-corrected chi connectivity index (χ3v) is 5.28. The second-order valence-corrected chi connectivity index (χ2v) is 7.26. The van der Waals surface area contributed by atoms with E-state index in [-0.39, 0.29) is 0 Å². The van der Waals surface area contributed by atoms with Gasteiger partial charge in [-0.2, -0.15) is 5.10 Å². The van der Waals surface area contributed by atoms with Gasteiger partial charge in [0.1, 0.15) is 18.0 Å². The number of imidazole rings is 1. The van der Waals surface area contributed by atoms with Gasteiger partial charge in [0.05, 0.1) is 30.3 Å². The Hall–Kier alpha value is -3.16. The summed E-state index contributed by atoms with van der Waals surface area (Å²) in [6.07, 6.45) is 9.86. The van der Waals surface area contributed by atoms with Gasteiger partial charge in [-0.25, -0.2) is 9.67 Å². The Morgan fingerprint density at radius 1 is 1.03 bits per heavy atom. The summed E-state index contributed by atoms with van der Waals surface area (Å²) in [5, 5.41) is 4.31. The van der Waals surface area contributed by atoms with Crippen LogP contribution in [0.4, 0.5) is 0 Å². The van der Waals surface area contributed by atoms with Crippen LogP contribution in [0.5, 0.6) is 5.75 Å². The molecule has 30 heavy (non-hydrogen) atoms. The summed E-state index contributed by atoms with van der Waals surface area (Å²) in [6.45, 7) is 2.72. The zero-order valence-electron chi connectivity index (χ0n) is 16.7. The van der Waals surface area contributed by atoms with Crippen molar-refractivity contribution in [2.24, 2.45) is 0 Å². The maximum Gasteiger partial charge on any atom is 0.137 e.